The van der Waals surface area contributed by atoms with Crippen molar-refractivity contribution in [1.29, 1.82) is 0 Å². The molecule has 1 aromatic heterocycles. The van der Waals surface area contributed by atoms with Crippen molar-refractivity contribution in [2.45, 2.75) is 32.2 Å². The number of hydrogen-bond acceptors (Lipinski definition) is 4. The molecular formula is C13H19N3O3. The monoisotopic (exact) mass is 265 g/mol. The van der Waals surface area contributed by atoms with Crippen LogP contribution in [0.3, 0.4) is 0 Å². The largest absolute Gasteiger partial charge is 0.381 e. The van der Waals surface area contributed by atoms with E-state index in [-0.39, 0.29) is 6.03 Å². The zero-order chi connectivity index (χ0) is 13.2. The van der Waals surface area contributed by atoms with Crippen LogP contribution in [-0.4, -0.2) is 41.9 Å². The lowest BCUT2D eigenvalue weighted by Crippen LogP contribution is -2.40. The quantitative estimate of drug-likeness (QED) is 0.904. The molecule has 2 fully saturated rings. The number of amides is 2. The predicted octanol–water partition coefficient (Wildman–Crippen LogP) is 2.02. The Kier molecular flexibility index (Phi) is 3.42. The Bertz CT molecular complexity index is 450. The second-order valence-corrected chi connectivity index (χ2v) is 5.37. The number of ether oxygens (including phenoxy) is 1. The number of anilines is 1. The zero-order valence-electron chi connectivity index (χ0n) is 11.1. The molecule has 0 spiro atoms. The van der Waals surface area contributed by atoms with Crippen LogP contribution in [0.5, 0.6) is 0 Å². The minimum absolute atomic E-state index is 0.0808. The molecule has 104 valence electrons. The van der Waals surface area contributed by atoms with E-state index in [9.17, 15) is 4.79 Å². The fourth-order valence-corrected chi connectivity index (χ4v) is 2.40. The topological polar surface area (TPSA) is 67.6 Å². The first-order chi connectivity index (χ1) is 9.22. The van der Waals surface area contributed by atoms with E-state index in [0.29, 0.717) is 23.5 Å². The van der Waals surface area contributed by atoms with Crippen LogP contribution < -0.4 is 5.32 Å². The maximum Gasteiger partial charge on any atom is 0.323 e. The van der Waals surface area contributed by atoms with Gasteiger partial charge in [-0.2, -0.15) is 0 Å². The highest BCUT2D eigenvalue weighted by Crippen LogP contribution is 2.29. The van der Waals surface area contributed by atoms with Gasteiger partial charge in [-0.25, -0.2) is 4.79 Å². The molecule has 0 aromatic carbocycles. The summed E-state index contributed by atoms with van der Waals surface area (Å²) in [4.78, 5) is 14.2. The maximum atomic E-state index is 12.3. The van der Waals surface area contributed by atoms with Crippen molar-refractivity contribution in [2.24, 2.45) is 5.92 Å². The molecule has 1 aromatic rings. The summed E-state index contributed by atoms with van der Waals surface area (Å²) in [7, 11) is 0. The summed E-state index contributed by atoms with van der Waals surface area (Å²) >= 11 is 0. The minimum Gasteiger partial charge on any atom is -0.381 e. The number of aryl methyl sites for hydroxylation is 1. The van der Waals surface area contributed by atoms with E-state index in [1.807, 2.05) is 4.90 Å². The molecule has 2 amide bonds. The summed E-state index contributed by atoms with van der Waals surface area (Å²) in [5.41, 5.74) is 0. The standard InChI is InChI=1S/C13H19N3O3/c1-9-6-12(15-19-9)14-13(17)16(11-2-3-11)7-10-4-5-18-8-10/h6,10-11H,2-5,7-8H2,1H3,(H,14,15,17)/t10-/m1/s1. The fourth-order valence-electron chi connectivity index (χ4n) is 2.40. The molecule has 3 rings (SSSR count). The van der Waals surface area contributed by atoms with Crippen molar-refractivity contribution < 1.29 is 14.1 Å². The fraction of sp³-hybridized carbons (Fsp3) is 0.692. The summed E-state index contributed by atoms with van der Waals surface area (Å²) in [6.07, 6.45) is 3.23. The molecule has 19 heavy (non-hydrogen) atoms. The van der Waals surface area contributed by atoms with Gasteiger partial charge in [-0.3, -0.25) is 5.32 Å². The normalized spacial score (nSPS) is 22.5. The van der Waals surface area contributed by atoms with E-state index in [1.54, 1.807) is 13.0 Å². The van der Waals surface area contributed by atoms with Crippen molar-refractivity contribution >= 4 is 11.8 Å². The highest BCUT2D eigenvalue weighted by atomic mass is 16.5. The van der Waals surface area contributed by atoms with Crippen molar-refractivity contribution in [3.63, 3.8) is 0 Å². The lowest BCUT2D eigenvalue weighted by molar-refractivity contribution is 0.167. The van der Waals surface area contributed by atoms with Crippen LogP contribution in [-0.2, 0) is 4.74 Å². The lowest BCUT2D eigenvalue weighted by atomic mass is 10.1. The second kappa shape index (κ2) is 5.21. The SMILES string of the molecule is Cc1cc(NC(=O)N(C[C@H]2CCOC2)C2CC2)no1. The van der Waals surface area contributed by atoms with E-state index in [1.165, 1.54) is 0 Å². The van der Waals surface area contributed by atoms with Gasteiger partial charge in [0.05, 0.1) is 6.61 Å². The third-order valence-electron chi connectivity index (χ3n) is 3.59. The van der Waals surface area contributed by atoms with E-state index in [0.717, 1.165) is 39.0 Å². The smallest absolute Gasteiger partial charge is 0.323 e. The van der Waals surface area contributed by atoms with Crippen LogP contribution in [0.15, 0.2) is 10.6 Å². The van der Waals surface area contributed by atoms with Crippen molar-refractivity contribution in [1.82, 2.24) is 10.1 Å². The number of urea groups is 1. The van der Waals surface area contributed by atoms with E-state index >= 15 is 0 Å². The Balaban J connectivity index is 1.60. The molecule has 0 unspecified atom stereocenters. The van der Waals surface area contributed by atoms with Gasteiger partial charge in [0.15, 0.2) is 5.82 Å². The highest BCUT2D eigenvalue weighted by molar-refractivity contribution is 5.88. The third kappa shape index (κ3) is 3.07. The van der Waals surface area contributed by atoms with Gasteiger partial charge in [0.25, 0.3) is 0 Å². The first kappa shape index (κ1) is 12.5. The molecule has 6 nitrogen and oxygen atoms in total. The van der Waals surface area contributed by atoms with Gasteiger partial charge in [-0.15, -0.1) is 0 Å². The highest BCUT2D eigenvalue weighted by Gasteiger charge is 2.35. The number of nitrogens with one attached hydrogen (secondary N) is 1. The predicted molar refractivity (Wildman–Crippen MR) is 68.9 cm³/mol. The number of hydrogen-bond donors (Lipinski definition) is 1. The van der Waals surface area contributed by atoms with E-state index in [2.05, 4.69) is 10.5 Å². The number of rotatable bonds is 4. The Hall–Kier alpha value is -1.56. The Labute approximate surface area is 112 Å². The molecule has 6 heteroatoms. The summed E-state index contributed by atoms with van der Waals surface area (Å²) in [6, 6.07) is 2.03. The summed E-state index contributed by atoms with van der Waals surface area (Å²) < 4.78 is 10.3. The first-order valence-electron chi connectivity index (χ1n) is 6.81. The molecule has 1 saturated heterocycles. The first-order valence-corrected chi connectivity index (χ1v) is 6.81. The van der Waals surface area contributed by atoms with Gasteiger partial charge in [-0.1, -0.05) is 5.16 Å². The van der Waals surface area contributed by atoms with Crippen LogP contribution in [0.2, 0.25) is 0 Å². The number of nitrogens with zero attached hydrogens (tertiary/aromatic N) is 2. The van der Waals surface area contributed by atoms with Crippen LogP contribution in [0, 0.1) is 12.8 Å². The molecule has 0 radical (unpaired) electrons. The van der Waals surface area contributed by atoms with Crippen molar-refractivity contribution in [3.8, 4) is 0 Å². The van der Waals surface area contributed by atoms with E-state index in [4.69, 9.17) is 9.26 Å². The molecule has 2 heterocycles. The van der Waals surface area contributed by atoms with E-state index < -0.39 is 0 Å². The molecule has 0 bridgehead atoms. The minimum atomic E-state index is -0.0808. The summed E-state index contributed by atoms with van der Waals surface area (Å²) in [5, 5.41) is 6.59. The number of carbonyl (C=O) groups is 1. The zero-order valence-corrected chi connectivity index (χ0v) is 11.1. The third-order valence-corrected chi connectivity index (χ3v) is 3.59. The molecule has 1 saturated carbocycles. The van der Waals surface area contributed by atoms with Crippen LogP contribution in [0.1, 0.15) is 25.0 Å². The molecular weight excluding hydrogens is 246 g/mol. The van der Waals surface area contributed by atoms with Gasteiger partial charge < -0.3 is 14.2 Å². The van der Waals surface area contributed by atoms with Crippen LogP contribution >= 0.6 is 0 Å². The van der Waals surface area contributed by atoms with Gasteiger partial charge >= 0.3 is 6.03 Å². The van der Waals surface area contributed by atoms with Gasteiger partial charge in [0.1, 0.15) is 5.76 Å². The van der Waals surface area contributed by atoms with Crippen molar-refractivity contribution in [3.05, 3.63) is 11.8 Å². The average Bonchev–Trinajstić information content (AvgIpc) is 2.93. The molecule has 1 atom stereocenters. The second-order valence-electron chi connectivity index (χ2n) is 5.37. The summed E-state index contributed by atoms with van der Waals surface area (Å²) in [6.45, 7) is 4.15. The Morgan fingerprint density at radius 1 is 1.53 bits per heavy atom. The summed E-state index contributed by atoms with van der Waals surface area (Å²) in [5.74, 6) is 1.64. The molecule has 1 aliphatic heterocycles. The number of carbonyl (C=O) groups excluding carboxylic acids is 1. The van der Waals surface area contributed by atoms with Gasteiger partial charge in [-0.05, 0) is 26.2 Å². The lowest BCUT2D eigenvalue weighted by Gasteiger charge is -2.24. The van der Waals surface area contributed by atoms with Crippen LogP contribution in [0.4, 0.5) is 10.6 Å². The van der Waals surface area contributed by atoms with Gasteiger partial charge in [0, 0.05) is 31.2 Å². The number of aromatic nitrogens is 1. The average molecular weight is 265 g/mol. The van der Waals surface area contributed by atoms with Crippen LogP contribution in [0.25, 0.3) is 0 Å². The Morgan fingerprint density at radius 3 is 2.95 bits per heavy atom. The van der Waals surface area contributed by atoms with Gasteiger partial charge in [0.2, 0.25) is 0 Å². The Morgan fingerprint density at radius 2 is 2.37 bits per heavy atom. The molecule has 2 aliphatic rings. The maximum absolute atomic E-state index is 12.3. The molecule has 1 aliphatic carbocycles. The molecule has 1 N–H and O–H groups in total. The van der Waals surface area contributed by atoms with Crippen molar-refractivity contribution in [2.75, 3.05) is 25.1 Å².